The Labute approximate surface area is 172 Å². The molecule has 0 saturated carbocycles. The van der Waals surface area contributed by atoms with Gasteiger partial charge in [-0.05, 0) is 47.4 Å². The quantitative estimate of drug-likeness (QED) is 0.683. The predicted molar refractivity (Wildman–Crippen MR) is 108 cm³/mol. The number of benzene rings is 2. The topological polar surface area (TPSA) is 45.2 Å². The summed E-state index contributed by atoms with van der Waals surface area (Å²) < 4.78 is 38.5. The molecule has 2 aromatic carbocycles. The van der Waals surface area contributed by atoms with Crippen molar-refractivity contribution in [3.8, 4) is 0 Å². The van der Waals surface area contributed by atoms with Gasteiger partial charge in [-0.3, -0.25) is 4.79 Å². The Morgan fingerprint density at radius 2 is 1.83 bits per heavy atom. The maximum atomic E-state index is 12.8. The highest BCUT2D eigenvalue weighted by molar-refractivity contribution is 5.94. The third-order valence-electron chi connectivity index (χ3n) is 5.17. The minimum atomic E-state index is -4.41. The number of carbonyl (C=O) groups is 1. The van der Waals surface area contributed by atoms with Crippen LogP contribution in [0.4, 0.5) is 19.0 Å². The van der Waals surface area contributed by atoms with Crippen molar-refractivity contribution in [3.05, 3.63) is 94.7 Å². The van der Waals surface area contributed by atoms with Crippen LogP contribution in [0.15, 0.2) is 66.9 Å². The third kappa shape index (κ3) is 4.45. The van der Waals surface area contributed by atoms with Gasteiger partial charge in [0.05, 0.1) is 5.56 Å². The Kier molecular flexibility index (Phi) is 5.44. The van der Waals surface area contributed by atoms with Crippen LogP contribution in [0.1, 0.15) is 32.6 Å². The second kappa shape index (κ2) is 8.18. The number of fused-ring (bicyclic) bond motifs is 1. The normalized spacial score (nSPS) is 13.6. The lowest BCUT2D eigenvalue weighted by Gasteiger charge is -2.29. The highest BCUT2D eigenvalue weighted by atomic mass is 19.4. The average Bonchev–Trinajstić information content (AvgIpc) is 2.77. The van der Waals surface area contributed by atoms with Crippen LogP contribution in [0, 0.1) is 0 Å². The third-order valence-corrected chi connectivity index (χ3v) is 5.17. The van der Waals surface area contributed by atoms with E-state index in [9.17, 15) is 18.0 Å². The molecule has 4 rings (SSSR count). The largest absolute Gasteiger partial charge is 0.416 e. The Hall–Kier alpha value is -3.35. The first kappa shape index (κ1) is 19.9. The summed E-state index contributed by atoms with van der Waals surface area (Å²) in [5.74, 6) is 0.352. The molecule has 3 aromatic rings. The molecule has 4 nitrogen and oxygen atoms in total. The van der Waals surface area contributed by atoms with Gasteiger partial charge in [0.2, 0.25) is 0 Å². The molecule has 0 atom stereocenters. The summed E-state index contributed by atoms with van der Waals surface area (Å²) in [6, 6.07) is 16.5. The summed E-state index contributed by atoms with van der Waals surface area (Å²) in [4.78, 5) is 19.1. The molecule has 0 unspecified atom stereocenters. The second-order valence-electron chi connectivity index (χ2n) is 7.22. The fourth-order valence-corrected chi connectivity index (χ4v) is 3.57. The van der Waals surface area contributed by atoms with Gasteiger partial charge in [0.15, 0.2) is 0 Å². The number of rotatable bonds is 4. The number of alkyl halides is 3. The molecule has 0 bridgehead atoms. The Balaban J connectivity index is 1.44. The van der Waals surface area contributed by atoms with Crippen LogP contribution in [0.5, 0.6) is 0 Å². The second-order valence-corrected chi connectivity index (χ2v) is 7.22. The van der Waals surface area contributed by atoms with E-state index in [-0.39, 0.29) is 12.5 Å². The highest BCUT2D eigenvalue weighted by Crippen LogP contribution is 2.29. The molecule has 154 valence electrons. The average molecular weight is 411 g/mol. The van der Waals surface area contributed by atoms with Gasteiger partial charge in [0.1, 0.15) is 5.82 Å². The fourth-order valence-electron chi connectivity index (χ4n) is 3.57. The summed E-state index contributed by atoms with van der Waals surface area (Å²) in [6.45, 7) is 1.54. The number of hydrogen-bond donors (Lipinski definition) is 1. The number of amides is 1. The van der Waals surface area contributed by atoms with E-state index in [4.69, 9.17) is 0 Å². The van der Waals surface area contributed by atoms with Gasteiger partial charge in [-0.15, -0.1) is 0 Å². The highest BCUT2D eigenvalue weighted by Gasteiger charge is 2.30. The van der Waals surface area contributed by atoms with Crippen molar-refractivity contribution in [3.63, 3.8) is 0 Å². The number of halogens is 3. The molecular weight excluding hydrogens is 391 g/mol. The molecule has 1 amide bonds. The summed E-state index contributed by atoms with van der Waals surface area (Å²) in [7, 11) is 0. The van der Waals surface area contributed by atoms with Crippen molar-refractivity contribution in [1.29, 1.82) is 0 Å². The lowest BCUT2D eigenvalue weighted by atomic mass is 10.00. The predicted octanol–water partition coefficient (Wildman–Crippen LogP) is 4.59. The van der Waals surface area contributed by atoms with E-state index in [2.05, 4.69) is 27.3 Å². The van der Waals surface area contributed by atoms with Crippen LogP contribution >= 0.6 is 0 Å². The monoisotopic (exact) mass is 411 g/mol. The van der Waals surface area contributed by atoms with Crippen LogP contribution in [0.25, 0.3) is 0 Å². The number of pyridine rings is 1. The standard InChI is InChI=1S/C23H20F3N3O/c24-23(25,26)20-7-3-4-16(12-20)14-28-22(30)18-8-10-27-21(13-18)29-11-9-17-5-1-2-6-19(17)15-29/h1-8,10,12-13H,9,11,14-15H2,(H,28,30). The van der Waals surface area contributed by atoms with E-state index in [0.717, 1.165) is 31.6 Å². The van der Waals surface area contributed by atoms with Crippen LogP contribution in [0.3, 0.4) is 0 Å². The van der Waals surface area contributed by atoms with E-state index in [1.165, 1.54) is 17.2 Å². The van der Waals surface area contributed by atoms with Gasteiger partial charge in [-0.2, -0.15) is 13.2 Å². The molecule has 7 heteroatoms. The minimum absolute atomic E-state index is 0.0114. The molecule has 1 aliphatic heterocycles. The van der Waals surface area contributed by atoms with Crippen LogP contribution in [-0.2, 0) is 25.7 Å². The molecule has 2 heterocycles. The lowest BCUT2D eigenvalue weighted by Crippen LogP contribution is -2.31. The van der Waals surface area contributed by atoms with Crippen LogP contribution in [0.2, 0.25) is 0 Å². The van der Waals surface area contributed by atoms with Crippen LogP contribution in [-0.4, -0.2) is 17.4 Å². The number of aromatic nitrogens is 1. The summed E-state index contributed by atoms with van der Waals surface area (Å²) in [5.41, 5.74) is 2.64. The zero-order valence-corrected chi connectivity index (χ0v) is 16.1. The molecule has 0 fully saturated rings. The molecular formula is C23H20F3N3O. The van der Waals surface area contributed by atoms with Crippen LogP contribution < -0.4 is 10.2 Å². The molecule has 0 spiro atoms. The maximum absolute atomic E-state index is 12.8. The summed E-state index contributed by atoms with van der Waals surface area (Å²) >= 11 is 0. The van der Waals surface area contributed by atoms with Gasteiger partial charge in [0, 0.05) is 31.4 Å². The molecule has 1 N–H and O–H groups in total. The van der Waals surface area contributed by atoms with Crippen molar-refractivity contribution < 1.29 is 18.0 Å². The number of carbonyl (C=O) groups excluding carboxylic acids is 1. The molecule has 0 radical (unpaired) electrons. The van der Waals surface area contributed by atoms with Crippen molar-refractivity contribution in [2.45, 2.75) is 25.7 Å². The van der Waals surface area contributed by atoms with Crippen molar-refractivity contribution in [2.75, 3.05) is 11.4 Å². The number of anilines is 1. The zero-order chi connectivity index (χ0) is 21.1. The van der Waals surface area contributed by atoms with E-state index in [1.807, 2.05) is 12.1 Å². The van der Waals surface area contributed by atoms with Gasteiger partial charge >= 0.3 is 6.18 Å². The van der Waals surface area contributed by atoms with Crippen molar-refractivity contribution in [1.82, 2.24) is 10.3 Å². The fraction of sp³-hybridized carbons (Fsp3) is 0.217. The van der Waals surface area contributed by atoms with Gasteiger partial charge in [-0.1, -0.05) is 36.4 Å². The van der Waals surface area contributed by atoms with Gasteiger partial charge in [0.25, 0.3) is 5.91 Å². The summed E-state index contributed by atoms with van der Waals surface area (Å²) in [6.07, 6.45) is -1.92. The first-order chi connectivity index (χ1) is 14.4. The molecule has 0 aliphatic carbocycles. The number of hydrogen-bond acceptors (Lipinski definition) is 3. The minimum Gasteiger partial charge on any atom is -0.352 e. The van der Waals surface area contributed by atoms with E-state index in [1.54, 1.807) is 24.4 Å². The Morgan fingerprint density at radius 1 is 1.03 bits per heavy atom. The van der Waals surface area contributed by atoms with E-state index in [0.29, 0.717) is 16.9 Å². The molecule has 1 aliphatic rings. The van der Waals surface area contributed by atoms with Crippen molar-refractivity contribution in [2.24, 2.45) is 0 Å². The maximum Gasteiger partial charge on any atom is 0.416 e. The zero-order valence-electron chi connectivity index (χ0n) is 16.1. The first-order valence-electron chi connectivity index (χ1n) is 9.62. The SMILES string of the molecule is O=C(NCc1cccc(C(F)(F)F)c1)c1ccnc(N2CCc3ccccc3C2)c1. The molecule has 0 saturated heterocycles. The lowest BCUT2D eigenvalue weighted by molar-refractivity contribution is -0.137. The smallest absolute Gasteiger partial charge is 0.352 e. The van der Waals surface area contributed by atoms with Crippen molar-refractivity contribution >= 4 is 11.7 Å². The van der Waals surface area contributed by atoms with Gasteiger partial charge < -0.3 is 10.2 Å². The van der Waals surface area contributed by atoms with E-state index >= 15 is 0 Å². The Morgan fingerprint density at radius 3 is 2.63 bits per heavy atom. The number of nitrogens with one attached hydrogen (secondary N) is 1. The molecule has 30 heavy (non-hydrogen) atoms. The van der Waals surface area contributed by atoms with Gasteiger partial charge in [-0.25, -0.2) is 4.98 Å². The Bertz CT molecular complexity index is 1070. The van der Waals surface area contributed by atoms with E-state index < -0.39 is 11.7 Å². The summed E-state index contributed by atoms with van der Waals surface area (Å²) in [5, 5.41) is 2.69. The molecule has 1 aromatic heterocycles. The number of nitrogens with zero attached hydrogens (tertiary/aromatic N) is 2. The first-order valence-corrected chi connectivity index (χ1v) is 9.62.